The summed E-state index contributed by atoms with van der Waals surface area (Å²) in [6.07, 6.45) is 1.59. The maximum atomic E-state index is 12.2. The van der Waals surface area contributed by atoms with Gasteiger partial charge in [0.25, 0.3) is 5.91 Å². The van der Waals surface area contributed by atoms with E-state index in [1.807, 2.05) is 0 Å². The molecule has 0 aliphatic heterocycles. The number of nitrogens with zero attached hydrogens (tertiary/aromatic N) is 1. The Labute approximate surface area is 145 Å². The number of nitrogens with one attached hydrogen (secondary N) is 3. The molecule has 0 aliphatic carbocycles. The molecule has 130 valence electrons. The fourth-order valence-electron chi connectivity index (χ4n) is 2.12. The molecule has 7 heteroatoms. The highest BCUT2D eigenvalue weighted by Gasteiger charge is 2.08. The molecule has 1 aromatic heterocycles. The van der Waals surface area contributed by atoms with Gasteiger partial charge in [0.2, 0.25) is 5.91 Å². The first-order chi connectivity index (χ1) is 12.0. The van der Waals surface area contributed by atoms with E-state index in [9.17, 15) is 9.59 Å². The third-order valence-electron chi connectivity index (χ3n) is 3.15. The molecule has 0 radical (unpaired) electrons. The quantitative estimate of drug-likeness (QED) is 0.588. The summed E-state index contributed by atoms with van der Waals surface area (Å²) >= 11 is 0. The van der Waals surface area contributed by atoms with Crippen molar-refractivity contribution in [1.29, 1.82) is 0 Å². The topological polar surface area (TPSA) is 107 Å². The van der Waals surface area contributed by atoms with Crippen molar-refractivity contribution < 1.29 is 14.7 Å². The van der Waals surface area contributed by atoms with E-state index in [0.717, 1.165) is 11.0 Å². The van der Waals surface area contributed by atoms with E-state index in [1.165, 1.54) is 6.92 Å². The number of hydrogen-bond donors (Lipinski definition) is 4. The zero-order chi connectivity index (χ0) is 18.2. The Bertz CT molecular complexity index is 856. The van der Waals surface area contributed by atoms with Gasteiger partial charge in [0.15, 0.2) is 0 Å². The first-order valence-corrected chi connectivity index (χ1v) is 7.76. The summed E-state index contributed by atoms with van der Waals surface area (Å²) in [6, 6.07) is 12.2. The molecule has 3 rings (SSSR count). The molecular weight excluding hydrogens is 320 g/mol. The van der Waals surface area contributed by atoms with Crippen LogP contribution in [0.3, 0.4) is 0 Å². The number of hydrogen-bond acceptors (Lipinski definition) is 4. The van der Waals surface area contributed by atoms with Crippen LogP contribution < -0.4 is 10.6 Å². The number of benzene rings is 2. The van der Waals surface area contributed by atoms with Crippen molar-refractivity contribution in [2.45, 2.75) is 13.8 Å². The summed E-state index contributed by atoms with van der Waals surface area (Å²) in [5.41, 5.74) is 3.51. The molecule has 4 N–H and O–H groups in total. The van der Waals surface area contributed by atoms with Gasteiger partial charge >= 0.3 is 0 Å². The number of amides is 2. The predicted molar refractivity (Wildman–Crippen MR) is 97.6 cm³/mol. The van der Waals surface area contributed by atoms with Gasteiger partial charge in [0.05, 0.1) is 17.4 Å². The molecule has 0 spiro atoms. The van der Waals surface area contributed by atoms with Gasteiger partial charge < -0.3 is 20.7 Å². The van der Waals surface area contributed by atoms with Crippen LogP contribution in [0, 0.1) is 0 Å². The van der Waals surface area contributed by atoms with E-state index in [-0.39, 0.29) is 18.4 Å². The Morgan fingerprint density at radius 3 is 2.28 bits per heavy atom. The molecule has 0 saturated carbocycles. The van der Waals surface area contributed by atoms with Crippen LogP contribution in [0.1, 0.15) is 24.2 Å². The normalized spacial score (nSPS) is 9.88. The molecule has 3 aromatic rings. The van der Waals surface area contributed by atoms with Crippen LogP contribution in [0.5, 0.6) is 0 Å². The number of aromatic amines is 1. The summed E-state index contributed by atoms with van der Waals surface area (Å²) in [5.74, 6) is -0.339. The number of aromatic nitrogens is 2. The maximum absolute atomic E-state index is 12.2. The highest BCUT2D eigenvalue weighted by molar-refractivity contribution is 6.06. The number of rotatable bonds is 3. The van der Waals surface area contributed by atoms with Crippen molar-refractivity contribution in [2.75, 3.05) is 17.2 Å². The second-order valence-electron chi connectivity index (χ2n) is 5.16. The number of carbonyl (C=O) groups is 2. The van der Waals surface area contributed by atoms with E-state index < -0.39 is 0 Å². The molecule has 0 saturated heterocycles. The van der Waals surface area contributed by atoms with Gasteiger partial charge in [0.1, 0.15) is 0 Å². The second kappa shape index (κ2) is 8.60. The van der Waals surface area contributed by atoms with Gasteiger partial charge in [-0.15, -0.1) is 0 Å². The van der Waals surface area contributed by atoms with Crippen LogP contribution in [0.4, 0.5) is 11.4 Å². The summed E-state index contributed by atoms with van der Waals surface area (Å²) in [6.45, 7) is 3.38. The average molecular weight is 340 g/mol. The largest absolute Gasteiger partial charge is 0.397 e. The van der Waals surface area contributed by atoms with Gasteiger partial charge in [-0.3, -0.25) is 9.59 Å². The van der Waals surface area contributed by atoms with Crippen LogP contribution in [-0.2, 0) is 4.79 Å². The minimum atomic E-state index is -0.205. The summed E-state index contributed by atoms with van der Waals surface area (Å²) in [5, 5.41) is 13.1. The zero-order valence-corrected chi connectivity index (χ0v) is 14.0. The van der Waals surface area contributed by atoms with Gasteiger partial charge in [-0.2, -0.15) is 0 Å². The molecule has 0 bridgehead atoms. The van der Waals surface area contributed by atoms with E-state index in [1.54, 1.807) is 55.7 Å². The third-order valence-corrected chi connectivity index (χ3v) is 3.15. The van der Waals surface area contributed by atoms with E-state index in [0.29, 0.717) is 16.9 Å². The molecule has 2 aromatic carbocycles. The standard InChI is InChI=1S/C16H14N4O2.C2H6O/c1-10(21)19-12-3-5-13(6-4-12)20-16(22)11-2-7-14-15(8-11)18-9-17-14;1-2-3/h2-9H,1H3,(H,17,18)(H,19,21)(H,20,22);3H,2H2,1H3. The Balaban J connectivity index is 0.000000701. The Kier molecular flexibility index (Phi) is 6.25. The van der Waals surface area contributed by atoms with E-state index >= 15 is 0 Å². The van der Waals surface area contributed by atoms with Crippen LogP contribution in [0.25, 0.3) is 11.0 Å². The monoisotopic (exact) mass is 340 g/mol. The summed E-state index contributed by atoms with van der Waals surface area (Å²) in [7, 11) is 0. The molecule has 0 atom stereocenters. The Morgan fingerprint density at radius 1 is 1.08 bits per heavy atom. The number of aliphatic hydroxyl groups is 1. The van der Waals surface area contributed by atoms with Crippen molar-refractivity contribution in [3.05, 3.63) is 54.4 Å². The van der Waals surface area contributed by atoms with Crippen LogP contribution >= 0.6 is 0 Å². The molecule has 0 unspecified atom stereocenters. The fraction of sp³-hybridized carbons (Fsp3) is 0.167. The Hall–Kier alpha value is -3.19. The highest BCUT2D eigenvalue weighted by atomic mass is 16.2. The van der Waals surface area contributed by atoms with Crippen molar-refractivity contribution in [2.24, 2.45) is 0 Å². The number of carbonyl (C=O) groups excluding carboxylic acids is 2. The maximum Gasteiger partial charge on any atom is 0.255 e. The molecule has 1 heterocycles. The molecule has 0 aliphatic rings. The van der Waals surface area contributed by atoms with E-state index in [4.69, 9.17) is 5.11 Å². The minimum Gasteiger partial charge on any atom is -0.397 e. The van der Waals surface area contributed by atoms with Crippen molar-refractivity contribution in [1.82, 2.24) is 9.97 Å². The van der Waals surface area contributed by atoms with Crippen molar-refractivity contribution >= 4 is 34.2 Å². The lowest BCUT2D eigenvalue weighted by Gasteiger charge is -2.07. The fourth-order valence-corrected chi connectivity index (χ4v) is 2.12. The van der Waals surface area contributed by atoms with Crippen LogP contribution in [0.2, 0.25) is 0 Å². The number of imidazole rings is 1. The number of H-pyrrole nitrogens is 1. The average Bonchev–Trinajstić information content (AvgIpc) is 3.04. The lowest BCUT2D eigenvalue weighted by Crippen LogP contribution is -2.12. The first-order valence-electron chi connectivity index (χ1n) is 7.76. The van der Waals surface area contributed by atoms with Crippen LogP contribution in [0.15, 0.2) is 48.8 Å². The van der Waals surface area contributed by atoms with Crippen molar-refractivity contribution in [3.8, 4) is 0 Å². The van der Waals surface area contributed by atoms with Gasteiger partial charge in [-0.05, 0) is 49.4 Å². The molecule has 7 nitrogen and oxygen atoms in total. The third kappa shape index (κ3) is 5.15. The first kappa shape index (κ1) is 18.2. The highest BCUT2D eigenvalue weighted by Crippen LogP contribution is 2.16. The smallest absolute Gasteiger partial charge is 0.255 e. The van der Waals surface area contributed by atoms with Gasteiger partial charge in [0, 0.05) is 30.5 Å². The predicted octanol–water partition coefficient (Wildman–Crippen LogP) is 2.77. The SMILES string of the molecule is CC(=O)Nc1ccc(NC(=O)c2ccc3nc[nH]c3c2)cc1.CCO. The lowest BCUT2D eigenvalue weighted by molar-refractivity contribution is -0.114. The minimum absolute atomic E-state index is 0.135. The Morgan fingerprint density at radius 2 is 1.68 bits per heavy atom. The molecule has 25 heavy (non-hydrogen) atoms. The number of aliphatic hydroxyl groups excluding tert-OH is 1. The van der Waals surface area contributed by atoms with Gasteiger partial charge in [-0.1, -0.05) is 0 Å². The summed E-state index contributed by atoms with van der Waals surface area (Å²) in [4.78, 5) is 30.3. The zero-order valence-electron chi connectivity index (χ0n) is 14.0. The van der Waals surface area contributed by atoms with Crippen LogP contribution in [-0.4, -0.2) is 33.5 Å². The number of anilines is 2. The van der Waals surface area contributed by atoms with E-state index in [2.05, 4.69) is 20.6 Å². The second-order valence-corrected chi connectivity index (χ2v) is 5.16. The number of fused-ring (bicyclic) bond motifs is 1. The van der Waals surface area contributed by atoms with Crippen molar-refractivity contribution in [3.63, 3.8) is 0 Å². The molecular formula is C18H20N4O3. The molecule has 0 fully saturated rings. The lowest BCUT2D eigenvalue weighted by atomic mass is 10.2. The van der Waals surface area contributed by atoms with Gasteiger partial charge in [-0.25, -0.2) is 4.98 Å². The summed E-state index contributed by atoms with van der Waals surface area (Å²) < 4.78 is 0. The molecule has 2 amide bonds.